The van der Waals surface area contributed by atoms with E-state index in [1.54, 1.807) is 0 Å². The maximum absolute atomic E-state index is 3.62. The molecule has 0 bridgehead atoms. The molecule has 180 valence electrons. The van der Waals surface area contributed by atoms with Crippen molar-refractivity contribution in [2.24, 2.45) is 0 Å². The van der Waals surface area contributed by atoms with Crippen molar-refractivity contribution in [3.8, 4) is 0 Å². The lowest BCUT2D eigenvalue weighted by atomic mass is 10.00. The average molecular weight is 463 g/mol. The second kappa shape index (κ2) is 11.8. The summed E-state index contributed by atoms with van der Waals surface area (Å²) in [5.74, 6) is 0. The van der Waals surface area contributed by atoms with E-state index in [9.17, 15) is 0 Å². The fourth-order valence-electron chi connectivity index (χ4n) is 4.75. The number of nitrogens with one attached hydrogen (secondary N) is 2. The molecule has 2 nitrogen and oxygen atoms in total. The molecule has 2 heteroatoms. The highest BCUT2D eigenvalue weighted by atomic mass is 14.9. The SMILES string of the molecule is Cc1ccccc1CCNc1ccc(Cc2ccc(NCCc3ccccc3C)c(C)c2)cc1C. The summed E-state index contributed by atoms with van der Waals surface area (Å²) in [6, 6.07) is 30.9. The summed E-state index contributed by atoms with van der Waals surface area (Å²) >= 11 is 0. The van der Waals surface area contributed by atoms with Crippen LogP contribution in [0.15, 0.2) is 84.9 Å². The van der Waals surface area contributed by atoms with E-state index in [2.05, 4.69) is 123 Å². The first-order valence-electron chi connectivity index (χ1n) is 12.8. The van der Waals surface area contributed by atoms with E-state index >= 15 is 0 Å². The highest BCUT2D eigenvalue weighted by Gasteiger charge is 2.05. The standard InChI is InChI=1S/C33H38N2/c1-24-9-5-7-11-30(24)17-19-34-32-15-13-28(21-26(32)3)23-29-14-16-33(27(4)22-29)35-20-18-31-12-8-6-10-25(31)2/h5-16,21-22,34-35H,17-20,23H2,1-4H3. The first-order valence-corrected chi connectivity index (χ1v) is 12.8. The van der Waals surface area contributed by atoms with Gasteiger partial charge in [0.25, 0.3) is 0 Å². The Morgan fingerprint density at radius 1 is 0.486 bits per heavy atom. The molecule has 4 rings (SSSR count). The maximum Gasteiger partial charge on any atom is 0.0370 e. The van der Waals surface area contributed by atoms with Crippen LogP contribution in [0.5, 0.6) is 0 Å². The molecule has 0 saturated carbocycles. The van der Waals surface area contributed by atoms with E-state index in [0.717, 1.165) is 32.4 Å². The second-order valence-electron chi connectivity index (χ2n) is 9.68. The fourth-order valence-corrected chi connectivity index (χ4v) is 4.75. The Labute approximate surface area is 211 Å². The zero-order chi connectivity index (χ0) is 24.6. The van der Waals surface area contributed by atoms with Gasteiger partial charge >= 0.3 is 0 Å². The predicted octanol–water partition coefficient (Wildman–Crippen LogP) is 7.82. The van der Waals surface area contributed by atoms with Gasteiger partial charge in [-0.2, -0.15) is 0 Å². The number of hydrogen-bond donors (Lipinski definition) is 2. The molecule has 0 atom stereocenters. The fraction of sp³-hybridized carbons (Fsp3) is 0.273. The van der Waals surface area contributed by atoms with Crippen LogP contribution in [0.2, 0.25) is 0 Å². The number of aryl methyl sites for hydroxylation is 4. The van der Waals surface area contributed by atoms with Crippen LogP contribution >= 0.6 is 0 Å². The highest BCUT2D eigenvalue weighted by molar-refractivity contribution is 5.55. The molecule has 0 saturated heterocycles. The van der Waals surface area contributed by atoms with Crippen LogP contribution in [0.4, 0.5) is 11.4 Å². The monoisotopic (exact) mass is 462 g/mol. The van der Waals surface area contributed by atoms with E-state index < -0.39 is 0 Å². The lowest BCUT2D eigenvalue weighted by Gasteiger charge is -2.14. The van der Waals surface area contributed by atoms with E-state index in [0.29, 0.717) is 0 Å². The van der Waals surface area contributed by atoms with Crippen molar-refractivity contribution in [2.45, 2.75) is 47.0 Å². The molecular weight excluding hydrogens is 424 g/mol. The molecular formula is C33H38N2. The smallest absolute Gasteiger partial charge is 0.0370 e. The van der Waals surface area contributed by atoms with Crippen LogP contribution in [0.25, 0.3) is 0 Å². The molecule has 0 fully saturated rings. The summed E-state index contributed by atoms with van der Waals surface area (Å²) in [4.78, 5) is 0. The quantitative estimate of drug-likeness (QED) is 0.251. The molecule has 0 aliphatic heterocycles. The van der Waals surface area contributed by atoms with Crippen molar-refractivity contribution in [1.82, 2.24) is 0 Å². The lowest BCUT2D eigenvalue weighted by molar-refractivity contribution is 1.00. The Bertz CT molecular complexity index is 1170. The van der Waals surface area contributed by atoms with Crippen molar-refractivity contribution in [3.05, 3.63) is 129 Å². The molecule has 2 N–H and O–H groups in total. The normalized spacial score (nSPS) is 10.9. The molecule has 0 spiro atoms. The first-order chi connectivity index (χ1) is 17.0. The lowest BCUT2D eigenvalue weighted by Crippen LogP contribution is -2.07. The molecule has 4 aromatic rings. The number of benzene rings is 4. The third-order valence-corrected chi connectivity index (χ3v) is 6.93. The minimum Gasteiger partial charge on any atom is -0.384 e. The third-order valence-electron chi connectivity index (χ3n) is 6.93. The van der Waals surface area contributed by atoms with E-state index in [-0.39, 0.29) is 0 Å². The molecule has 4 aromatic carbocycles. The highest BCUT2D eigenvalue weighted by Crippen LogP contribution is 2.22. The van der Waals surface area contributed by atoms with Crippen LogP contribution < -0.4 is 10.6 Å². The Balaban J connectivity index is 1.30. The maximum atomic E-state index is 3.62. The summed E-state index contributed by atoms with van der Waals surface area (Å²) in [6.07, 6.45) is 3.03. The van der Waals surface area contributed by atoms with Gasteiger partial charge in [0.15, 0.2) is 0 Å². The predicted molar refractivity (Wildman–Crippen MR) is 152 cm³/mol. The Hall–Kier alpha value is -3.52. The number of hydrogen-bond acceptors (Lipinski definition) is 2. The van der Waals surface area contributed by atoms with Gasteiger partial charge in [-0.1, -0.05) is 72.8 Å². The minimum atomic E-state index is 0.947. The number of anilines is 2. The molecule has 0 radical (unpaired) electrons. The molecule has 0 amide bonds. The summed E-state index contributed by atoms with van der Waals surface area (Å²) in [6.45, 7) is 10.7. The van der Waals surface area contributed by atoms with Gasteiger partial charge in [-0.3, -0.25) is 0 Å². The summed E-state index contributed by atoms with van der Waals surface area (Å²) in [7, 11) is 0. The van der Waals surface area contributed by atoms with E-state index in [1.165, 1.54) is 55.9 Å². The molecule has 0 aliphatic carbocycles. The van der Waals surface area contributed by atoms with Crippen LogP contribution in [0.1, 0.15) is 44.5 Å². The second-order valence-corrected chi connectivity index (χ2v) is 9.68. The Morgan fingerprint density at radius 3 is 1.31 bits per heavy atom. The first kappa shape index (κ1) is 24.6. The zero-order valence-electron chi connectivity index (χ0n) is 21.6. The van der Waals surface area contributed by atoms with Crippen LogP contribution in [0, 0.1) is 27.7 Å². The van der Waals surface area contributed by atoms with Gasteiger partial charge in [0.1, 0.15) is 0 Å². The summed E-state index contributed by atoms with van der Waals surface area (Å²) < 4.78 is 0. The molecule has 0 aromatic heterocycles. The van der Waals surface area contributed by atoms with Crippen LogP contribution in [-0.2, 0) is 19.3 Å². The average Bonchev–Trinajstić information content (AvgIpc) is 2.84. The van der Waals surface area contributed by atoms with Crippen LogP contribution in [0.3, 0.4) is 0 Å². The van der Waals surface area contributed by atoms with Crippen molar-refractivity contribution in [3.63, 3.8) is 0 Å². The third kappa shape index (κ3) is 6.76. The zero-order valence-corrected chi connectivity index (χ0v) is 21.6. The molecule has 0 aliphatic rings. The van der Waals surface area contributed by atoms with Crippen molar-refractivity contribution in [1.29, 1.82) is 0 Å². The topological polar surface area (TPSA) is 24.1 Å². The van der Waals surface area contributed by atoms with Gasteiger partial charge < -0.3 is 10.6 Å². The molecule has 0 unspecified atom stereocenters. The van der Waals surface area contributed by atoms with Crippen molar-refractivity contribution < 1.29 is 0 Å². The molecule has 0 heterocycles. The van der Waals surface area contributed by atoms with Crippen LogP contribution in [-0.4, -0.2) is 13.1 Å². The van der Waals surface area contributed by atoms with Gasteiger partial charge in [0.2, 0.25) is 0 Å². The van der Waals surface area contributed by atoms with Crippen molar-refractivity contribution in [2.75, 3.05) is 23.7 Å². The minimum absolute atomic E-state index is 0.947. The summed E-state index contributed by atoms with van der Waals surface area (Å²) in [5, 5.41) is 7.25. The Kier molecular flexibility index (Phi) is 8.26. The largest absolute Gasteiger partial charge is 0.384 e. The van der Waals surface area contributed by atoms with Crippen molar-refractivity contribution >= 4 is 11.4 Å². The van der Waals surface area contributed by atoms with Gasteiger partial charge in [-0.15, -0.1) is 0 Å². The van der Waals surface area contributed by atoms with Gasteiger partial charge in [0.05, 0.1) is 0 Å². The van der Waals surface area contributed by atoms with E-state index in [4.69, 9.17) is 0 Å². The molecule has 35 heavy (non-hydrogen) atoms. The van der Waals surface area contributed by atoms with Gasteiger partial charge in [-0.05, 0) is 104 Å². The summed E-state index contributed by atoms with van der Waals surface area (Å²) in [5.41, 5.74) is 13.3. The van der Waals surface area contributed by atoms with E-state index in [1.807, 2.05) is 0 Å². The van der Waals surface area contributed by atoms with Gasteiger partial charge in [0, 0.05) is 24.5 Å². The van der Waals surface area contributed by atoms with Gasteiger partial charge in [-0.25, -0.2) is 0 Å². The Morgan fingerprint density at radius 2 is 0.914 bits per heavy atom. The number of rotatable bonds is 10.